The molecule has 0 aliphatic carbocycles. The molecule has 4 heteroatoms. The number of nitrogens with zero attached hydrogens (tertiary/aromatic N) is 1. The summed E-state index contributed by atoms with van der Waals surface area (Å²) in [5.74, 6) is -0.102. The molecule has 0 aliphatic rings. The van der Waals surface area contributed by atoms with Gasteiger partial charge in [0.05, 0.1) is 12.5 Å². The number of amides is 1. The predicted molar refractivity (Wildman–Crippen MR) is 61.3 cm³/mol. The van der Waals surface area contributed by atoms with Gasteiger partial charge in [0.2, 0.25) is 5.91 Å². The molecule has 88 valence electrons. The number of hydrogen-bond donors (Lipinski definition) is 2. The van der Waals surface area contributed by atoms with Gasteiger partial charge < -0.3 is 15.7 Å². The zero-order valence-electron chi connectivity index (χ0n) is 9.48. The fourth-order valence-corrected chi connectivity index (χ4v) is 1.52. The zero-order chi connectivity index (χ0) is 11.7. The topological polar surface area (TPSA) is 66.6 Å². The van der Waals surface area contributed by atoms with Gasteiger partial charge in [0.1, 0.15) is 0 Å². The summed E-state index contributed by atoms with van der Waals surface area (Å²) in [4.78, 5) is 13.5. The standard InChI is InChI=1S/C11H22N2O2/c1-3-5-10(9-12)11(15)13(6-4-2)7-8-14/h4,10,14H,2-3,5-9,12H2,1H3. The van der Waals surface area contributed by atoms with Gasteiger partial charge in [-0.2, -0.15) is 0 Å². The minimum absolute atomic E-state index is 0.0216. The monoisotopic (exact) mass is 214 g/mol. The van der Waals surface area contributed by atoms with Crippen molar-refractivity contribution in [3.05, 3.63) is 12.7 Å². The van der Waals surface area contributed by atoms with Crippen LogP contribution in [0.25, 0.3) is 0 Å². The molecule has 0 spiro atoms. The molecule has 0 radical (unpaired) electrons. The lowest BCUT2D eigenvalue weighted by atomic mass is 10.0. The number of aliphatic hydroxyl groups is 1. The summed E-state index contributed by atoms with van der Waals surface area (Å²) in [6, 6.07) is 0. The van der Waals surface area contributed by atoms with Gasteiger partial charge in [-0.1, -0.05) is 19.4 Å². The molecule has 0 saturated carbocycles. The molecular weight excluding hydrogens is 192 g/mol. The summed E-state index contributed by atoms with van der Waals surface area (Å²) < 4.78 is 0. The second kappa shape index (κ2) is 8.44. The van der Waals surface area contributed by atoms with E-state index in [1.54, 1.807) is 11.0 Å². The molecule has 0 fully saturated rings. The average Bonchev–Trinajstić information content (AvgIpc) is 2.24. The van der Waals surface area contributed by atoms with Crippen LogP contribution in [0.15, 0.2) is 12.7 Å². The van der Waals surface area contributed by atoms with E-state index in [-0.39, 0.29) is 18.4 Å². The van der Waals surface area contributed by atoms with Gasteiger partial charge in [0.15, 0.2) is 0 Å². The van der Waals surface area contributed by atoms with Gasteiger partial charge in [0, 0.05) is 19.6 Å². The summed E-state index contributed by atoms with van der Waals surface area (Å²) in [6.45, 7) is 6.78. The van der Waals surface area contributed by atoms with E-state index in [4.69, 9.17) is 10.8 Å². The van der Waals surface area contributed by atoms with E-state index in [1.807, 2.05) is 6.92 Å². The molecule has 0 aromatic rings. The molecule has 1 atom stereocenters. The van der Waals surface area contributed by atoms with E-state index in [1.165, 1.54) is 0 Å². The van der Waals surface area contributed by atoms with E-state index in [0.29, 0.717) is 19.6 Å². The van der Waals surface area contributed by atoms with Crippen LogP contribution >= 0.6 is 0 Å². The SMILES string of the molecule is C=CCN(CCO)C(=O)C(CN)CCC. The Morgan fingerprint density at radius 2 is 2.33 bits per heavy atom. The minimum Gasteiger partial charge on any atom is -0.395 e. The highest BCUT2D eigenvalue weighted by Gasteiger charge is 2.20. The summed E-state index contributed by atoms with van der Waals surface area (Å²) in [7, 11) is 0. The highest BCUT2D eigenvalue weighted by Crippen LogP contribution is 2.09. The van der Waals surface area contributed by atoms with Gasteiger partial charge >= 0.3 is 0 Å². The highest BCUT2D eigenvalue weighted by atomic mass is 16.3. The Kier molecular flexibility index (Phi) is 7.95. The Balaban J connectivity index is 4.36. The molecule has 0 bridgehead atoms. The van der Waals surface area contributed by atoms with Crippen LogP contribution in [-0.2, 0) is 4.79 Å². The van der Waals surface area contributed by atoms with Gasteiger partial charge in [-0.05, 0) is 6.42 Å². The molecular formula is C11H22N2O2. The Bertz CT molecular complexity index is 195. The molecule has 0 aromatic carbocycles. The third kappa shape index (κ3) is 4.95. The molecule has 0 aliphatic heterocycles. The van der Waals surface area contributed by atoms with E-state index in [0.717, 1.165) is 12.8 Å². The molecule has 0 aromatic heterocycles. The molecule has 15 heavy (non-hydrogen) atoms. The Morgan fingerprint density at radius 1 is 1.67 bits per heavy atom. The lowest BCUT2D eigenvalue weighted by Gasteiger charge is -2.24. The van der Waals surface area contributed by atoms with Gasteiger partial charge in [-0.25, -0.2) is 0 Å². The van der Waals surface area contributed by atoms with Crippen molar-refractivity contribution in [3.63, 3.8) is 0 Å². The first-order valence-electron chi connectivity index (χ1n) is 5.41. The molecule has 0 rings (SSSR count). The van der Waals surface area contributed by atoms with Crippen molar-refractivity contribution < 1.29 is 9.90 Å². The Morgan fingerprint density at radius 3 is 2.73 bits per heavy atom. The van der Waals surface area contributed by atoms with E-state index in [2.05, 4.69) is 6.58 Å². The van der Waals surface area contributed by atoms with Crippen LogP contribution in [0.4, 0.5) is 0 Å². The molecule has 0 saturated heterocycles. The van der Waals surface area contributed by atoms with Crippen molar-refractivity contribution in [1.29, 1.82) is 0 Å². The normalized spacial score (nSPS) is 12.2. The van der Waals surface area contributed by atoms with Crippen LogP contribution < -0.4 is 5.73 Å². The van der Waals surface area contributed by atoms with E-state index < -0.39 is 0 Å². The quantitative estimate of drug-likeness (QED) is 0.574. The summed E-state index contributed by atoms with van der Waals surface area (Å²) in [6.07, 6.45) is 3.40. The lowest BCUT2D eigenvalue weighted by Crippen LogP contribution is -2.40. The number of nitrogens with two attached hydrogens (primary N) is 1. The van der Waals surface area contributed by atoms with Crippen LogP contribution in [0.1, 0.15) is 19.8 Å². The maximum Gasteiger partial charge on any atom is 0.227 e. The van der Waals surface area contributed by atoms with Crippen LogP contribution in [0.3, 0.4) is 0 Å². The number of rotatable bonds is 8. The summed E-state index contributed by atoms with van der Waals surface area (Å²) in [5.41, 5.74) is 5.55. The zero-order valence-corrected chi connectivity index (χ0v) is 9.48. The van der Waals surface area contributed by atoms with Crippen molar-refractivity contribution in [1.82, 2.24) is 4.90 Å². The first-order chi connectivity index (χ1) is 7.21. The fourth-order valence-electron chi connectivity index (χ4n) is 1.52. The smallest absolute Gasteiger partial charge is 0.227 e. The number of carbonyl (C=O) groups excluding carboxylic acids is 1. The van der Waals surface area contributed by atoms with E-state index in [9.17, 15) is 4.79 Å². The van der Waals surface area contributed by atoms with Crippen LogP contribution in [0.2, 0.25) is 0 Å². The summed E-state index contributed by atoms with van der Waals surface area (Å²) >= 11 is 0. The largest absolute Gasteiger partial charge is 0.395 e. The summed E-state index contributed by atoms with van der Waals surface area (Å²) in [5, 5.41) is 8.84. The Labute approximate surface area is 91.8 Å². The maximum absolute atomic E-state index is 11.9. The minimum atomic E-state index is -0.124. The van der Waals surface area contributed by atoms with Crippen molar-refractivity contribution in [2.45, 2.75) is 19.8 Å². The number of hydrogen-bond acceptors (Lipinski definition) is 3. The van der Waals surface area contributed by atoms with Crippen LogP contribution in [0, 0.1) is 5.92 Å². The number of aliphatic hydroxyl groups excluding tert-OH is 1. The van der Waals surface area contributed by atoms with Crippen molar-refractivity contribution in [3.8, 4) is 0 Å². The molecule has 4 nitrogen and oxygen atoms in total. The lowest BCUT2D eigenvalue weighted by molar-refractivity contribution is -0.135. The maximum atomic E-state index is 11.9. The molecule has 3 N–H and O–H groups in total. The third-order valence-electron chi connectivity index (χ3n) is 2.30. The number of carbonyl (C=O) groups is 1. The second-order valence-corrected chi connectivity index (χ2v) is 3.52. The van der Waals surface area contributed by atoms with Crippen molar-refractivity contribution in [2.24, 2.45) is 11.7 Å². The van der Waals surface area contributed by atoms with Gasteiger partial charge in [-0.15, -0.1) is 6.58 Å². The molecule has 0 heterocycles. The van der Waals surface area contributed by atoms with Gasteiger partial charge in [0.25, 0.3) is 0 Å². The van der Waals surface area contributed by atoms with E-state index >= 15 is 0 Å². The van der Waals surface area contributed by atoms with Crippen LogP contribution in [0.5, 0.6) is 0 Å². The Hall–Kier alpha value is -0.870. The molecule has 1 unspecified atom stereocenters. The average molecular weight is 214 g/mol. The van der Waals surface area contributed by atoms with Crippen molar-refractivity contribution >= 4 is 5.91 Å². The predicted octanol–water partition coefficient (Wildman–Crippen LogP) is 0.368. The second-order valence-electron chi connectivity index (χ2n) is 3.52. The first kappa shape index (κ1) is 14.1. The van der Waals surface area contributed by atoms with Crippen molar-refractivity contribution in [2.75, 3.05) is 26.2 Å². The van der Waals surface area contributed by atoms with Gasteiger partial charge in [-0.3, -0.25) is 4.79 Å². The highest BCUT2D eigenvalue weighted by molar-refractivity contribution is 5.79. The fraction of sp³-hybridized carbons (Fsp3) is 0.727. The first-order valence-corrected chi connectivity index (χ1v) is 5.41. The third-order valence-corrected chi connectivity index (χ3v) is 2.30. The molecule has 1 amide bonds. The van der Waals surface area contributed by atoms with Crippen LogP contribution in [-0.4, -0.2) is 42.2 Å².